The van der Waals surface area contributed by atoms with Crippen molar-refractivity contribution in [2.75, 3.05) is 19.6 Å². The van der Waals surface area contributed by atoms with Gasteiger partial charge in [-0.25, -0.2) is 0 Å². The average molecular weight is 353 g/mol. The van der Waals surface area contributed by atoms with Crippen molar-refractivity contribution in [3.63, 3.8) is 0 Å². The molecule has 2 aliphatic heterocycles. The van der Waals surface area contributed by atoms with E-state index in [1.807, 2.05) is 36.5 Å². The maximum absolute atomic E-state index is 12.9. The molecule has 1 aromatic heterocycles. The molecule has 0 bridgehead atoms. The standard InChI is InChI=1S/C19H19N3O2S/c23-18-13-21(11-15-4-2-1-3-5-15)19(24)17-12-20(7-8-22(17)18)10-16-6-9-25-14-16/h1-6,9,12,14H,7-8,10-11,13H2. The Kier molecular flexibility index (Phi) is 4.28. The first-order chi connectivity index (χ1) is 12.2. The topological polar surface area (TPSA) is 43.9 Å². The minimum absolute atomic E-state index is 0.00281. The summed E-state index contributed by atoms with van der Waals surface area (Å²) in [7, 11) is 0. The number of hydrogen-bond acceptors (Lipinski definition) is 4. The summed E-state index contributed by atoms with van der Waals surface area (Å²) in [5.74, 6) is -0.0737. The third kappa shape index (κ3) is 3.30. The highest BCUT2D eigenvalue weighted by Gasteiger charge is 2.37. The molecule has 0 spiro atoms. The van der Waals surface area contributed by atoms with E-state index < -0.39 is 0 Å². The first-order valence-electron chi connectivity index (χ1n) is 8.31. The van der Waals surface area contributed by atoms with E-state index >= 15 is 0 Å². The minimum atomic E-state index is -0.0709. The number of carbonyl (C=O) groups is 2. The number of rotatable bonds is 4. The third-order valence-electron chi connectivity index (χ3n) is 4.52. The van der Waals surface area contributed by atoms with Crippen LogP contribution in [0, 0.1) is 0 Å². The second kappa shape index (κ2) is 6.72. The van der Waals surface area contributed by atoms with Crippen molar-refractivity contribution in [3.05, 3.63) is 70.2 Å². The molecular formula is C19H19N3O2S. The molecule has 0 saturated carbocycles. The van der Waals surface area contributed by atoms with Crippen LogP contribution in [0.2, 0.25) is 0 Å². The molecule has 3 heterocycles. The van der Waals surface area contributed by atoms with Crippen molar-refractivity contribution in [2.24, 2.45) is 0 Å². The van der Waals surface area contributed by atoms with Crippen LogP contribution in [0.3, 0.4) is 0 Å². The maximum atomic E-state index is 12.9. The zero-order valence-electron chi connectivity index (χ0n) is 13.8. The monoisotopic (exact) mass is 353 g/mol. The Bertz CT molecular complexity index is 801. The van der Waals surface area contributed by atoms with Crippen molar-refractivity contribution in [1.82, 2.24) is 14.7 Å². The quantitative estimate of drug-likeness (QED) is 0.847. The highest BCUT2D eigenvalue weighted by Crippen LogP contribution is 2.23. The summed E-state index contributed by atoms with van der Waals surface area (Å²) in [4.78, 5) is 30.8. The van der Waals surface area contributed by atoms with Crippen LogP contribution in [-0.4, -0.2) is 46.1 Å². The molecule has 4 rings (SSSR count). The van der Waals surface area contributed by atoms with Gasteiger partial charge in [-0.15, -0.1) is 0 Å². The lowest BCUT2D eigenvalue weighted by Crippen LogP contribution is -2.55. The Morgan fingerprint density at radius 2 is 1.80 bits per heavy atom. The van der Waals surface area contributed by atoms with Gasteiger partial charge in [0.25, 0.3) is 5.91 Å². The molecule has 0 radical (unpaired) electrons. The molecule has 128 valence electrons. The van der Waals surface area contributed by atoms with Crippen LogP contribution in [0.4, 0.5) is 0 Å². The molecule has 6 heteroatoms. The van der Waals surface area contributed by atoms with Crippen LogP contribution in [0.25, 0.3) is 0 Å². The van der Waals surface area contributed by atoms with E-state index in [1.54, 1.807) is 21.1 Å². The molecule has 1 fully saturated rings. The number of hydrogen-bond donors (Lipinski definition) is 0. The minimum Gasteiger partial charge on any atom is -0.369 e. The van der Waals surface area contributed by atoms with Crippen molar-refractivity contribution >= 4 is 23.2 Å². The summed E-state index contributed by atoms with van der Waals surface area (Å²) in [6.07, 6.45) is 1.85. The van der Waals surface area contributed by atoms with Gasteiger partial charge < -0.3 is 14.7 Å². The van der Waals surface area contributed by atoms with E-state index in [0.29, 0.717) is 18.8 Å². The number of nitrogens with zero attached hydrogens (tertiary/aromatic N) is 3. The average Bonchev–Trinajstić information content (AvgIpc) is 3.13. The van der Waals surface area contributed by atoms with Gasteiger partial charge in [-0.2, -0.15) is 11.3 Å². The largest absolute Gasteiger partial charge is 0.369 e. The summed E-state index contributed by atoms with van der Waals surface area (Å²) in [5.41, 5.74) is 2.75. The summed E-state index contributed by atoms with van der Waals surface area (Å²) in [6, 6.07) is 11.9. The zero-order valence-corrected chi connectivity index (χ0v) is 14.6. The predicted molar refractivity (Wildman–Crippen MR) is 96.4 cm³/mol. The molecule has 2 amide bonds. The number of fused-ring (bicyclic) bond motifs is 1. The Hall–Kier alpha value is -2.60. The lowest BCUT2D eigenvalue weighted by atomic mass is 10.1. The molecule has 0 aliphatic carbocycles. The zero-order chi connectivity index (χ0) is 17.2. The lowest BCUT2D eigenvalue weighted by molar-refractivity contribution is -0.146. The molecule has 0 unspecified atom stereocenters. The van der Waals surface area contributed by atoms with Crippen LogP contribution < -0.4 is 0 Å². The third-order valence-corrected chi connectivity index (χ3v) is 5.25. The molecule has 1 saturated heterocycles. The molecule has 25 heavy (non-hydrogen) atoms. The Morgan fingerprint density at radius 3 is 2.56 bits per heavy atom. The van der Waals surface area contributed by atoms with E-state index in [0.717, 1.165) is 18.7 Å². The summed E-state index contributed by atoms with van der Waals surface area (Å²) < 4.78 is 0. The second-order valence-electron chi connectivity index (χ2n) is 6.31. The number of amides is 2. The van der Waals surface area contributed by atoms with Gasteiger partial charge in [0, 0.05) is 32.4 Å². The van der Waals surface area contributed by atoms with Gasteiger partial charge in [0.1, 0.15) is 12.2 Å². The van der Waals surface area contributed by atoms with Crippen LogP contribution >= 0.6 is 11.3 Å². The predicted octanol–water partition coefficient (Wildman–Crippen LogP) is 2.28. The van der Waals surface area contributed by atoms with Crippen LogP contribution in [0.1, 0.15) is 11.1 Å². The summed E-state index contributed by atoms with van der Waals surface area (Å²) in [5, 5.41) is 4.16. The molecule has 0 atom stereocenters. The number of piperazine rings is 1. The normalized spacial score (nSPS) is 17.6. The van der Waals surface area contributed by atoms with E-state index in [1.165, 1.54) is 5.56 Å². The van der Waals surface area contributed by atoms with Gasteiger partial charge >= 0.3 is 0 Å². The van der Waals surface area contributed by atoms with Gasteiger partial charge in [-0.3, -0.25) is 9.59 Å². The Balaban J connectivity index is 1.54. The number of benzene rings is 1. The number of thiophene rings is 1. The van der Waals surface area contributed by atoms with Gasteiger partial charge in [-0.1, -0.05) is 30.3 Å². The van der Waals surface area contributed by atoms with Gasteiger partial charge in [0.2, 0.25) is 5.91 Å². The van der Waals surface area contributed by atoms with Crippen molar-refractivity contribution < 1.29 is 9.59 Å². The van der Waals surface area contributed by atoms with Crippen molar-refractivity contribution in [2.45, 2.75) is 13.1 Å². The molecule has 0 N–H and O–H groups in total. The van der Waals surface area contributed by atoms with Gasteiger partial charge in [0.05, 0.1) is 0 Å². The van der Waals surface area contributed by atoms with Gasteiger partial charge in [-0.05, 0) is 28.0 Å². The van der Waals surface area contributed by atoms with Crippen LogP contribution in [-0.2, 0) is 22.7 Å². The molecule has 5 nitrogen and oxygen atoms in total. The van der Waals surface area contributed by atoms with Crippen LogP contribution in [0.5, 0.6) is 0 Å². The Labute approximate surface area is 150 Å². The van der Waals surface area contributed by atoms with Crippen molar-refractivity contribution in [3.8, 4) is 0 Å². The van der Waals surface area contributed by atoms with E-state index in [4.69, 9.17) is 0 Å². The molecule has 2 aliphatic rings. The smallest absolute Gasteiger partial charge is 0.272 e. The molecular weight excluding hydrogens is 334 g/mol. The van der Waals surface area contributed by atoms with Crippen molar-refractivity contribution in [1.29, 1.82) is 0 Å². The summed E-state index contributed by atoms with van der Waals surface area (Å²) >= 11 is 1.67. The fourth-order valence-corrected chi connectivity index (χ4v) is 3.90. The SMILES string of the molecule is O=C1C2=CN(Cc3ccsc3)CCN2C(=O)CN1Cc1ccccc1. The highest BCUT2D eigenvalue weighted by molar-refractivity contribution is 7.07. The maximum Gasteiger partial charge on any atom is 0.272 e. The van der Waals surface area contributed by atoms with E-state index in [9.17, 15) is 9.59 Å². The van der Waals surface area contributed by atoms with Crippen LogP contribution in [0.15, 0.2) is 59.1 Å². The highest BCUT2D eigenvalue weighted by atomic mass is 32.1. The van der Waals surface area contributed by atoms with E-state index in [-0.39, 0.29) is 18.4 Å². The fourth-order valence-electron chi connectivity index (χ4n) is 3.24. The lowest BCUT2D eigenvalue weighted by Gasteiger charge is -2.40. The first-order valence-corrected chi connectivity index (χ1v) is 9.25. The number of carbonyl (C=O) groups excluding carboxylic acids is 2. The summed E-state index contributed by atoms with van der Waals surface area (Å²) in [6.45, 7) is 2.69. The molecule has 2 aromatic rings. The van der Waals surface area contributed by atoms with E-state index in [2.05, 4.69) is 21.7 Å². The second-order valence-corrected chi connectivity index (χ2v) is 7.09. The molecule has 1 aromatic carbocycles. The Morgan fingerprint density at radius 1 is 0.960 bits per heavy atom. The first kappa shape index (κ1) is 15.9. The van der Waals surface area contributed by atoms with Gasteiger partial charge in [0.15, 0.2) is 0 Å². The fraction of sp³-hybridized carbons (Fsp3) is 0.263.